The van der Waals surface area contributed by atoms with Crippen molar-refractivity contribution in [2.45, 2.75) is 32.5 Å². The highest BCUT2D eigenvalue weighted by molar-refractivity contribution is 5.31. The largest absolute Gasteiger partial charge is 0.508 e. The van der Waals surface area contributed by atoms with Crippen molar-refractivity contribution in [3.8, 4) is 11.5 Å². The summed E-state index contributed by atoms with van der Waals surface area (Å²) in [5.74, 6) is 0.681. The molecule has 0 aliphatic carbocycles. The maximum absolute atomic E-state index is 9.61. The van der Waals surface area contributed by atoms with Crippen LogP contribution in [0.5, 0.6) is 11.5 Å². The van der Waals surface area contributed by atoms with Crippen LogP contribution in [0.25, 0.3) is 0 Å². The van der Waals surface area contributed by atoms with E-state index in [1.807, 2.05) is 13.8 Å². The van der Waals surface area contributed by atoms with E-state index in [-0.39, 0.29) is 25.1 Å². The van der Waals surface area contributed by atoms with Gasteiger partial charge in [-0.05, 0) is 25.5 Å². The molecule has 0 aliphatic rings. The van der Waals surface area contributed by atoms with Gasteiger partial charge in [0, 0.05) is 6.07 Å². The Balaban J connectivity index is 2.26. The van der Waals surface area contributed by atoms with Crippen LogP contribution in [0.4, 0.5) is 0 Å². The molecule has 0 bridgehead atoms. The van der Waals surface area contributed by atoms with Crippen LogP contribution in [0.1, 0.15) is 20.3 Å². The molecule has 0 radical (unpaired) electrons. The van der Waals surface area contributed by atoms with Crippen molar-refractivity contribution in [3.63, 3.8) is 0 Å². The summed E-state index contributed by atoms with van der Waals surface area (Å²) in [7, 11) is 0. The highest BCUT2D eigenvalue weighted by atomic mass is 16.5. The fraction of sp³-hybridized carbons (Fsp3) is 0.538. The van der Waals surface area contributed by atoms with Crippen molar-refractivity contribution in [1.82, 2.24) is 0 Å². The van der Waals surface area contributed by atoms with Crippen molar-refractivity contribution >= 4 is 0 Å². The Morgan fingerprint density at radius 3 is 2.71 bits per heavy atom. The van der Waals surface area contributed by atoms with Crippen LogP contribution in [0, 0.1) is 0 Å². The van der Waals surface area contributed by atoms with E-state index in [2.05, 4.69) is 0 Å². The van der Waals surface area contributed by atoms with Crippen LogP contribution < -0.4 is 4.74 Å². The third-order valence-electron chi connectivity index (χ3n) is 2.41. The number of rotatable bonds is 7. The summed E-state index contributed by atoms with van der Waals surface area (Å²) in [6.07, 6.45) is 0.400. The SMILES string of the molecule is CCC(C)OCC(O)COc1cccc(O)c1. The molecular weight excluding hydrogens is 220 g/mol. The van der Waals surface area contributed by atoms with Crippen LogP contribution in [-0.4, -0.2) is 35.6 Å². The van der Waals surface area contributed by atoms with Gasteiger partial charge in [-0.15, -0.1) is 0 Å². The van der Waals surface area contributed by atoms with Crippen molar-refractivity contribution in [2.75, 3.05) is 13.2 Å². The van der Waals surface area contributed by atoms with E-state index in [1.54, 1.807) is 18.2 Å². The number of aliphatic hydroxyl groups excluding tert-OH is 1. The Morgan fingerprint density at radius 1 is 1.29 bits per heavy atom. The molecule has 1 rings (SSSR count). The number of hydrogen-bond acceptors (Lipinski definition) is 4. The molecule has 2 N–H and O–H groups in total. The van der Waals surface area contributed by atoms with Crippen molar-refractivity contribution < 1.29 is 19.7 Å². The fourth-order valence-electron chi connectivity index (χ4n) is 1.21. The number of aromatic hydroxyl groups is 1. The fourth-order valence-corrected chi connectivity index (χ4v) is 1.21. The lowest BCUT2D eigenvalue weighted by Gasteiger charge is -2.15. The van der Waals surface area contributed by atoms with E-state index in [0.717, 1.165) is 6.42 Å². The van der Waals surface area contributed by atoms with E-state index in [1.165, 1.54) is 6.07 Å². The van der Waals surface area contributed by atoms with Gasteiger partial charge in [-0.3, -0.25) is 0 Å². The van der Waals surface area contributed by atoms with Gasteiger partial charge in [0.1, 0.15) is 24.2 Å². The highest BCUT2D eigenvalue weighted by Crippen LogP contribution is 2.17. The zero-order valence-electron chi connectivity index (χ0n) is 10.3. The molecule has 2 unspecified atom stereocenters. The standard InChI is InChI=1S/C13H20O4/c1-3-10(2)16-8-12(15)9-17-13-6-4-5-11(14)7-13/h4-7,10,12,14-15H,3,8-9H2,1-2H3. The third-order valence-corrected chi connectivity index (χ3v) is 2.41. The summed E-state index contributed by atoms with van der Waals surface area (Å²) in [4.78, 5) is 0. The molecule has 1 aromatic carbocycles. The molecule has 0 saturated carbocycles. The summed E-state index contributed by atoms with van der Waals surface area (Å²) in [6, 6.07) is 6.48. The average Bonchev–Trinajstić information content (AvgIpc) is 2.33. The Kier molecular flexibility index (Phi) is 5.80. The first-order chi connectivity index (χ1) is 8.11. The normalized spacial score (nSPS) is 14.3. The van der Waals surface area contributed by atoms with Crippen molar-refractivity contribution in [1.29, 1.82) is 0 Å². The van der Waals surface area contributed by atoms with Crippen LogP contribution in [0.3, 0.4) is 0 Å². The number of benzene rings is 1. The molecule has 4 heteroatoms. The molecular formula is C13H20O4. The van der Waals surface area contributed by atoms with Crippen LogP contribution in [-0.2, 0) is 4.74 Å². The van der Waals surface area contributed by atoms with Crippen LogP contribution in [0.2, 0.25) is 0 Å². The predicted molar refractivity (Wildman–Crippen MR) is 65.3 cm³/mol. The van der Waals surface area contributed by atoms with E-state index in [0.29, 0.717) is 5.75 Å². The van der Waals surface area contributed by atoms with Gasteiger partial charge in [-0.2, -0.15) is 0 Å². The minimum absolute atomic E-state index is 0.144. The first-order valence-corrected chi connectivity index (χ1v) is 5.83. The lowest BCUT2D eigenvalue weighted by Crippen LogP contribution is -2.25. The average molecular weight is 240 g/mol. The van der Waals surface area contributed by atoms with E-state index >= 15 is 0 Å². The molecule has 0 amide bonds. The molecule has 0 spiro atoms. The van der Waals surface area contributed by atoms with Crippen molar-refractivity contribution in [2.24, 2.45) is 0 Å². The second-order valence-corrected chi connectivity index (χ2v) is 4.01. The molecule has 4 nitrogen and oxygen atoms in total. The summed E-state index contributed by atoms with van der Waals surface area (Å²) in [5.41, 5.74) is 0. The van der Waals surface area contributed by atoms with Gasteiger partial charge < -0.3 is 19.7 Å². The maximum Gasteiger partial charge on any atom is 0.123 e. The summed E-state index contributed by atoms with van der Waals surface area (Å²) < 4.78 is 10.7. The third kappa shape index (κ3) is 5.56. The molecule has 0 aliphatic heterocycles. The van der Waals surface area contributed by atoms with Gasteiger partial charge >= 0.3 is 0 Å². The minimum atomic E-state index is -0.661. The monoisotopic (exact) mass is 240 g/mol. The molecule has 0 saturated heterocycles. The molecule has 0 fully saturated rings. The molecule has 96 valence electrons. The van der Waals surface area contributed by atoms with Gasteiger partial charge in [0.2, 0.25) is 0 Å². The topological polar surface area (TPSA) is 58.9 Å². The molecule has 2 atom stereocenters. The Bertz CT molecular complexity index is 327. The Hall–Kier alpha value is -1.26. The quantitative estimate of drug-likeness (QED) is 0.764. The van der Waals surface area contributed by atoms with Gasteiger partial charge in [-0.25, -0.2) is 0 Å². The van der Waals surface area contributed by atoms with E-state index in [9.17, 15) is 10.2 Å². The van der Waals surface area contributed by atoms with E-state index in [4.69, 9.17) is 9.47 Å². The highest BCUT2D eigenvalue weighted by Gasteiger charge is 2.08. The number of ether oxygens (including phenoxy) is 2. The number of hydrogen-bond donors (Lipinski definition) is 2. The van der Waals surface area contributed by atoms with Gasteiger partial charge in [0.25, 0.3) is 0 Å². The maximum atomic E-state index is 9.61. The van der Waals surface area contributed by atoms with Crippen LogP contribution in [0.15, 0.2) is 24.3 Å². The Morgan fingerprint density at radius 2 is 2.06 bits per heavy atom. The van der Waals surface area contributed by atoms with Gasteiger partial charge in [0.15, 0.2) is 0 Å². The summed E-state index contributed by atoms with van der Waals surface area (Å²) >= 11 is 0. The summed E-state index contributed by atoms with van der Waals surface area (Å²) in [5, 5.41) is 18.8. The first kappa shape index (κ1) is 13.8. The Labute approximate surface area is 102 Å². The molecule has 1 aromatic rings. The first-order valence-electron chi connectivity index (χ1n) is 5.83. The van der Waals surface area contributed by atoms with Gasteiger partial charge in [0.05, 0.1) is 12.7 Å². The lowest BCUT2D eigenvalue weighted by atomic mass is 10.3. The minimum Gasteiger partial charge on any atom is -0.508 e. The molecule has 0 heterocycles. The van der Waals surface area contributed by atoms with Crippen molar-refractivity contribution in [3.05, 3.63) is 24.3 Å². The summed E-state index contributed by atoms with van der Waals surface area (Å²) in [6.45, 7) is 4.40. The van der Waals surface area contributed by atoms with Gasteiger partial charge in [-0.1, -0.05) is 13.0 Å². The lowest BCUT2D eigenvalue weighted by molar-refractivity contribution is -0.0192. The number of phenolic OH excluding ortho intramolecular Hbond substituents is 1. The number of aliphatic hydroxyl groups is 1. The smallest absolute Gasteiger partial charge is 0.123 e. The molecule has 17 heavy (non-hydrogen) atoms. The predicted octanol–water partition coefficient (Wildman–Crippen LogP) is 1.95. The van der Waals surface area contributed by atoms with Crippen LogP contribution >= 0.6 is 0 Å². The second kappa shape index (κ2) is 7.14. The van der Waals surface area contributed by atoms with E-state index < -0.39 is 6.10 Å². The second-order valence-electron chi connectivity index (χ2n) is 4.01. The zero-order valence-corrected chi connectivity index (χ0v) is 10.3. The molecule has 0 aromatic heterocycles. The zero-order chi connectivity index (χ0) is 12.7. The number of phenols is 1.